The van der Waals surface area contributed by atoms with Gasteiger partial charge in [0.05, 0.1) is 7.11 Å². The first kappa shape index (κ1) is 13.3. The number of ketones is 1. The van der Waals surface area contributed by atoms with E-state index in [9.17, 15) is 4.79 Å². The summed E-state index contributed by atoms with van der Waals surface area (Å²) >= 11 is 0. The van der Waals surface area contributed by atoms with Crippen molar-refractivity contribution < 1.29 is 9.53 Å². The van der Waals surface area contributed by atoms with Crippen LogP contribution in [-0.2, 0) is 6.42 Å². The molecule has 0 atom stereocenters. The number of carbonyl (C=O) groups excluding carboxylic acids is 1. The molecule has 2 nitrogen and oxygen atoms in total. The minimum atomic E-state index is 0.191. The molecular weight excluding hydrogens is 236 g/mol. The van der Waals surface area contributed by atoms with Crippen LogP contribution >= 0.6 is 0 Å². The van der Waals surface area contributed by atoms with E-state index < -0.39 is 0 Å². The number of carbonyl (C=O) groups is 1. The van der Waals surface area contributed by atoms with Crippen LogP contribution in [0.1, 0.15) is 27.9 Å². The molecule has 2 aromatic carbocycles. The summed E-state index contributed by atoms with van der Waals surface area (Å²) in [5, 5.41) is 0. The Morgan fingerprint density at radius 3 is 2.47 bits per heavy atom. The lowest BCUT2D eigenvalue weighted by atomic mass is 9.99. The third kappa shape index (κ3) is 3.44. The molecule has 0 fully saturated rings. The summed E-state index contributed by atoms with van der Waals surface area (Å²) in [6, 6.07) is 15.4. The summed E-state index contributed by atoms with van der Waals surface area (Å²) in [5.74, 6) is 1.05. The van der Waals surface area contributed by atoms with Gasteiger partial charge in [0.25, 0.3) is 0 Å². The normalized spacial score (nSPS) is 10.2. The maximum Gasteiger partial charge on any atom is 0.163 e. The number of benzene rings is 2. The Morgan fingerprint density at radius 1 is 1.11 bits per heavy atom. The zero-order chi connectivity index (χ0) is 13.7. The van der Waals surface area contributed by atoms with Crippen LogP contribution in [0.25, 0.3) is 0 Å². The van der Waals surface area contributed by atoms with Crippen molar-refractivity contribution in [2.24, 2.45) is 0 Å². The van der Waals surface area contributed by atoms with Gasteiger partial charge in [0.15, 0.2) is 5.78 Å². The maximum absolute atomic E-state index is 12.0. The highest BCUT2D eigenvalue weighted by Crippen LogP contribution is 2.18. The van der Waals surface area contributed by atoms with Crippen LogP contribution in [0.5, 0.6) is 5.75 Å². The third-order valence-corrected chi connectivity index (χ3v) is 3.27. The van der Waals surface area contributed by atoms with Gasteiger partial charge >= 0.3 is 0 Å². The van der Waals surface area contributed by atoms with E-state index in [1.165, 1.54) is 11.1 Å². The molecule has 2 rings (SSSR count). The molecule has 0 amide bonds. The molecule has 0 aliphatic rings. The molecule has 0 saturated heterocycles. The van der Waals surface area contributed by atoms with Crippen LogP contribution in [0.2, 0.25) is 0 Å². The Balaban J connectivity index is 2.01. The van der Waals surface area contributed by atoms with E-state index in [1.54, 1.807) is 7.11 Å². The SMILES string of the molecule is COc1ccc(CCC(=O)c2ccccc2)c(C)c1. The van der Waals surface area contributed by atoms with Crippen molar-refractivity contribution in [3.63, 3.8) is 0 Å². The second-order valence-electron chi connectivity index (χ2n) is 4.58. The van der Waals surface area contributed by atoms with Crippen molar-refractivity contribution in [1.29, 1.82) is 0 Å². The van der Waals surface area contributed by atoms with Gasteiger partial charge < -0.3 is 4.74 Å². The van der Waals surface area contributed by atoms with E-state index in [1.807, 2.05) is 55.5 Å². The molecule has 0 N–H and O–H groups in total. The quantitative estimate of drug-likeness (QED) is 0.758. The minimum Gasteiger partial charge on any atom is -0.497 e. The van der Waals surface area contributed by atoms with Crippen LogP contribution in [-0.4, -0.2) is 12.9 Å². The molecule has 2 heteroatoms. The number of Topliss-reactive ketones (excluding diaryl/α,β-unsaturated/α-hetero) is 1. The van der Waals surface area contributed by atoms with Crippen molar-refractivity contribution >= 4 is 5.78 Å². The van der Waals surface area contributed by atoms with E-state index >= 15 is 0 Å². The monoisotopic (exact) mass is 254 g/mol. The van der Waals surface area contributed by atoms with E-state index in [2.05, 4.69) is 0 Å². The lowest BCUT2D eigenvalue weighted by Crippen LogP contribution is -2.02. The minimum absolute atomic E-state index is 0.191. The lowest BCUT2D eigenvalue weighted by Gasteiger charge is -2.07. The molecule has 98 valence electrons. The Morgan fingerprint density at radius 2 is 1.84 bits per heavy atom. The Bertz CT molecular complexity index is 559. The van der Waals surface area contributed by atoms with E-state index in [0.29, 0.717) is 6.42 Å². The van der Waals surface area contributed by atoms with Gasteiger partial charge in [0, 0.05) is 12.0 Å². The van der Waals surface area contributed by atoms with Gasteiger partial charge in [-0.15, -0.1) is 0 Å². The van der Waals surface area contributed by atoms with Gasteiger partial charge in [0.2, 0.25) is 0 Å². The molecule has 0 aliphatic heterocycles. The van der Waals surface area contributed by atoms with Gasteiger partial charge in [-0.05, 0) is 36.6 Å². The van der Waals surface area contributed by atoms with Crippen LogP contribution in [0.15, 0.2) is 48.5 Å². The van der Waals surface area contributed by atoms with Gasteiger partial charge in [-0.1, -0.05) is 36.4 Å². The number of hydrogen-bond acceptors (Lipinski definition) is 2. The fourth-order valence-electron chi connectivity index (χ4n) is 2.09. The third-order valence-electron chi connectivity index (χ3n) is 3.27. The molecule has 0 unspecified atom stereocenters. The second-order valence-corrected chi connectivity index (χ2v) is 4.58. The summed E-state index contributed by atoms with van der Waals surface area (Å²) in [5.41, 5.74) is 3.15. The summed E-state index contributed by atoms with van der Waals surface area (Å²) in [6.45, 7) is 2.05. The van der Waals surface area contributed by atoms with Gasteiger partial charge in [-0.25, -0.2) is 0 Å². The molecule has 0 radical (unpaired) electrons. The number of rotatable bonds is 5. The molecule has 0 spiro atoms. The van der Waals surface area contributed by atoms with E-state index in [0.717, 1.165) is 17.7 Å². The summed E-state index contributed by atoms with van der Waals surface area (Å²) < 4.78 is 5.18. The number of hydrogen-bond donors (Lipinski definition) is 0. The average Bonchev–Trinajstić information content (AvgIpc) is 2.46. The Labute approximate surface area is 114 Å². The van der Waals surface area contributed by atoms with E-state index in [-0.39, 0.29) is 5.78 Å². The average molecular weight is 254 g/mol. The zero-order valence-corrected chi connectivity index (χ0v) is 11.3. The summed E-state index contributed by atoms with van der Waals surface area (Å²) in [4.78, 5) is 12.0. The molecule has 0 saturated carbocycles. The van der Waals surface area contributed by atoms with Gasteiger partial charge in [0.1, 0.15) is 5.75 Å². The van der Waals surface area contributed by atoms with Crippen molar-refractivity contribution in [3.8, 4) is 5.75 Å². The molecule has 0 aliphatic carbocycles. The lowest BCUT2D eigenvalue weighted by molar-refractivity contribution is 0.0983. The molecule has 19 heavy (non-hydrogen) atoms. The number of aryl methyl sites for hydroxylation is 2. The van der Waals surface area contributed by atoms with Crippen molar-refractivity contribution in [2.45, 2.75) is 19.8 Å². The van der Waals surface area contributed by atoms with Crippen LogP contribution in [0.3, 0.4) is 0 Å². The van der Waals surface area contributed by atoms with Crippen LogP contribution in [0.4, 0.5) is 0 Å². The number of methoxy groups -OCH3 is 1. The maximum atomic E-state index is 12.0. The standard InChI is InChI=1S/C17H18O2/c1-13-12-16(19-2)10-8-14(13)9-11-17(18)15-6-4-3-5-7-15/h3-8,10,12H,9,11H2,1-2H3. The van der Waals surface area contributed by atoms with E-state index in [4.69, 9.17) is 4.74 Å². The summed E-state index contributed by atoms with van der Waals surface area (Å²) in [7, 11) is 1.66. The smallest absolute Gasteiger partial charge is 0.163 e. The largest absolute Gasteiger partial charge is 0.497 e. The molecule has 0 heterocycles. The first-order chi connectivity index (χ1) is 9.20. The summed E-state index contributed by atoms with van der Waals surface area (Å²) in [6.07, 6.45) is 1.31. The number of ether oxygens (including phenoxy) is 1. The second kappa shape index (κ2) is 6.19. The highest BCUT2D eigenvalue weighted by atomic mass is 16.5. The Hall–Kier alpha value is -2.09. The fourth-order valence-corrected chi connectivity index (χ4v) is 2.09. The fraction of sp³-hybridized carbons (Fsp3) is 0.235. The predicted molar refractivity (Wildman–Crippen MR) is 76.8 cm³/mol. The van der Waals surface area contributed by atoms with Crippen molar-refractivity contribution in [1.82, 2.24) is 0 Å². The predicted octanol–water partition coefficient (Wildman–Crippen LogP) is 3.82. The zero-order valence-electron chi connectivity index (χ0n) is 11.3. The van der Waals surface area contributed by atoms with Crippen molar-refractivity contribution in [3.05, 3.63) is 65.2 Å². The van der Waals surface area contributed by atoms with Crippen LogP contribution in [0, 0.1) is 6.92 Å². The molecule has 2 aromatic rings. The highest BCUT2D eigenvalue weighted by molar-refractivity contribution is 5.96. The molecular formula is C17H18O2. The highest BCUT2D eigenvalue weighted by Gasteiger charge is 2.07. The van der Waals surface area contributed by atoms with Gasteiger partial charge in [-0.2, -0.15) is 0 Å². The topological polar surface area (TPSA) is 26.3 Å². The van der Waals surface area contributed by atoms with Crippen LogP contribution < -0.4 is 4.74 Å². The Kier molecular flexibility index (Phi) is 4.35. The van der Waals surface area contributed by atoms with Crippen molar-refractivity contribution in [2.75, 3.05) is 7.11 Å². The first-order valence-electron chi connectivity index (χ1n) is 6.42. The first-order valence-corrected chi connectivity index (χ1v) is 6.42. The van der Waals surface area contributed by atoms with Gasteiger partial charge in [-0.3, -0.25) is 4.79 Å². The molecule has 0 bridgehead atoms. The molecule has 0 aromatic heterocycles.